The molecule has 0 aromatic heterocycles. The van der Waals surface area contributed by atoms with Gasteiger partial charge in [-0.25, -0.2) is 4.99 Å². The minimum Gasteiger partial charge on any atom is -0.370 e. The quantitative estimate of drug-likeness (QED) is 0.444. The second kappa shape index (κ2) is 9.54. The predicted octanol–water partition coefficient (Wildman–Crippen LogP) is 6.58. The second-order valence-electron chi connectivity index (χ2n) is 10.1. The first-order valence-corrected chi connectivity index (χ1v) is 12.6. The van der Waals surface area contributed by atoms with Crippen LogP contribution in [0.1, 0.15) is 59.5 Å². The molecule has 4 heteroatoms. The molecular formula is C30H36N4. The minimum absolute atomic E-state index is 0.196. The summed E-state index contributed by atoms with van der Waals surface area (Å²) in [4.78, 5) is 7.30. The van der Waals surface area contributed by atoms with Crippen molar-refractivity contribution in [2.24, 2.45) is 10.7 Å². The summed E-state index contributed by atoms with van der Waals surface area (Å²) >= 11 is 0. The van der Waals surface area contributed by atoms with Crippen molar-refractivity contribution in [2.45, 2.75) is 71.0 Å². The van der Waals surface area contributed by atoms with Crippen LogP contribution < -0.4 is 11.1 Å². The van der Waals surface area contributed by atoms with Gasteiger partial charge in [-0.3, -0.25) is 0 Å². The van der Waals surface area contributed by atoms with E-state index in [4.69, 9.17) is 10.7 Å². The lowest BCUT2D eigenvalue weighted by molar-refractivity contribution is 0.256. The molecule has 0 amide bonds. The third-order valence-electron chi connectivity index (χ3n) is 7.52. The molecule has 2 aliphatic heterocycles. The highest BCUT2D eigenvalue weighted by molar-refractivity contribution is 5.80. The van der Waals surface area contributed by atoms with Crippen molar-refractivity contribution in [3.8, 4) is 0 Å². The first-order chi connectivity index (χ1) is 16.5. The van der Waals surface area contributed by atoms with Gasteiger partial charge in [-0.2, -0.15) is 0 Å². The average molecular weight is 453 g/mol. The Morgan fingerprint density at radius 2 is 1.65 bits per heavy atom. The minimum atomic E-state index is 0.196. The first kappa shape index (κ1) is 22.5. The van der Waals surface area contributed by atoms with Crippen LogP contribution in [0.4, 0.5) is 11.4 Å². The second-order valence-corrected chi connectivity index (χ2v) is 10.1. The highest BCUT2D eigenvalue weighted by Gasteiger charge is 2.39. The summed E-state index contributed by atoms with van der Waals surface area (Å²) in [5.41, 5.74) is 15.4. The number of benzene rings is 3. The molecule has 5 rings (SSSR count). The Hall–Kier alpha value is -3.27. The van der Waals surface area contributed by atoms with Gasteiger partial charge in [0.1, 0.15) is 0 Å². The number of nitrogens with two attached hydrogens (primary N) is 1. The Morgan fingerprint density at radius 1 is 0.941 bits per heavy atom. The van der Waals surface area contributed by atoms with Gasteiger partial charge in [0.05, 0.1) is 6.04 Å². The maximum atomic E-state index is 6.50. The molecule has 1 saturated heterocycles. The van der Waals surface area contributed by atoms with E-state index >= 15 is 0 Å². The number of fused-ring (bicyclic) bond motifs is 1. The molecule has 0 saturated carbocycles. The largest absolute Gasteiger partial charge is 0.370 e. The summed E-state index contributed by atoms with van der Waals surface area (Å²) in [5, 5.41) is 3.61. The van der Waals surface area contributed by atoms with E-state index in [1.54, 1.807) is 0 Å². The maximum Gasteiger partial charge on any atom is 0.192 e. The van der Waals surface area contributed by atoms with Gasteiger partial charge in [-0.15, -0.1) is 0 Å². The third kappa shape index (κ3) is 4.68. The Kier molecular flexibility index (Phi) is 6.32. The van der Waals surface area contributed by atoms with Crippen molar-refractivity contribution in [1.29, 1.82) is 0 Å². The SMILES string of the molecule is Cc1cc(C)c(Nc2ccc(CC[C@H]3CC[C@@H]4C[C@H](c5ccccc5)N=C(N)N34)cc2)c(C)c1. The molecule has 0 bridgehead atoms. The van der Waals surface area contributed by atoms with Crippen LogP contribution in [0.25, 0.3) is 0 Å². The Labute approximate surface area is 203 Å². The summed E-state index contributed by atoms with van der Waals surface area (Å²) in [6, 6.07) is 25.2. The van der Waals surface area contributed by atoms with Crippen LogP contribution in [0.2, 0.25) is 0 Å². The molecule has 3 atom stereocenters. The third-order valence-corrected chi connectivity index (χ3v) is 7.52. The molecular weight excluding hydrogens is 416 g/mol. The smallest absolute Gasteiger partial charge is 0.192 e. The van der Waals surface area contributed by atoms with Crippen molar-refractivity contribution in [3.63, 3.8) is 0 Å². The molecule has 0 unspecified atom stereocenters. The van der Waals surface area contributed by atoms with Gasteiger partial charge in [-0.05, 0) is 87.3 Å². The summed E-state index contributed by atoms with van der Waals surface area (Å²) in [5.74, 6) is 0.732. The average Bonchev–Trinajstić information content (AvgIpc) is 3.25. The van der Waals surface area contributed by atoms with Gasteiger partial charge in [0.2, 0.25) is 0 Å². The van der Waals surface area contributed by atoms with Crippen LogP contribution in [-0.4, -0.2) is 22.9 Å². The number of anilines is 2. The monoisotopic (exact) mass is 452 g/mol. The van der Waals surface area contributed by atoms with E-state index < -0.39 is 0 Å². The fourth-order valence-electron chi connectivity index (χ4n) is 5.88. The Balaban J connectivity index is 1.21. The molecule has 34 heavy (non-hydrogen) atoms. The summed E-state index contributed by atoms with van der Waals surface area (Å²) in [7, 11) is 0. The number of nitrogens with one attached hydrogen (secondary N) is 1. The van der Waals surface area contributed by atoms with Gasteiger partial charge in [0, 0.05) is 23.5 Å². The lowest BCUT2D eigenvalue weighted by Gasteiger charge is -2.37. The van der Waals surface area contributed by atoms with Crippen molar-refractivity contribution in [2.75, 3.05) is 5.32 Å². The molecule has 3 aromatic rings. The van der Waals surface area contributed by atoms with Crippen LogP contribution in [0, 0.1) is 20.8 Å². The topological polar surface area (TPSA) is 53.6 Å². The first-order valence-electron chi connectivity index (χ1n) is 12.6. The molecule has 3 N–H and O–H groups in total. The molecule has 0 spiro atoms. The van der Waals surface area contributed by atoms with Crippen molar-refractivity contribution in [1.82, 2.24) is 4.90 Å². The predicted molar refractivity (Wildman–Crippen MR) is 143 cm³/mol. The molecule has 3 aromatic carbocycles. The zero-order valence-electron chi connectivity index (χ0n) is 20.6. The van der Waals surface area contributed by atoms with E-state index in [1.807, 2.05) is 0 Å². The van der Waals surface area contributed by atoms with Crippen molar-refractivity contribution >= 4 is 17.3 Å². The number of aliphatic imine (C=N–C) groups is 1. The maximum absolute atomic E-state index is 6.50. The highest BCUT2D eigenvalue weighted by Crippen LogP contribution is 2.38. The lowest BCUT2D eigenvalue weighted by Crippen LogP contribution is -2.48. The summed E-state index contributed by atoms with van der Waals surface area (Å²) in [6.07, 6.45) is 5.66. The fraction of sp³-hybridized carbons (Fsp3) is 0.367. The number of hydrogen-bond acceptors (Lipinski definition) is 4. The molecule has 0 aliphatic carbocycles. The number of hydrogen-bond donors (Lipinski definition) is 2. The number of rotatable bonds is 6. The number of aryl methyl sites for hydroxylation is 4. The van der Waals surface area contributed by atoms with Crippen LogP contribution in [0.3, 0.4) is 0 Å². The van der Waals surface area contributed by atoms with Crippen molar-refractivity contribution < 1.29 is 0 Å². The van der Waals surface area contributed by atoms with Gasteiger partial charge in [0.15, 0.2) is 5.96 Å². The molecule has 176 valence electrons. The summed E-state index contributed by atoms with van der Waals surface area (Å²) in [6.45, 7) is 6.49. The number of nitrogens with zero attached hydrogens (tertiary/aromatic N) is 2. The molecule has 0 radical (unpaired) electrons. The normalized spacial score (nSPS) is 21.8. The van der Waals surface area contributed by atoms with Gasteiger partial charge < -0.3 is 16.0 Å². The van der Waals surface area contributed by atoms with E-state index in [1.165, 1.54) is 46.3 Å². The van der Waals surface area contributed by atoms with E-state index in [0.29, 0.717) is 12.1 Å². The lowest BCUT2D eigenvalue weighted by atomic mass is 9.97. The molecule has 2 aliphatic rings. The molecule has 4 nitrogen and oxygen atoms in total. The van der Waals surface area contributed by atoms with Crippen LogP contribution in [0.15, 0.2) is 71.7 Å². The van der Waals surface area contributed by atoms with Crippen LogP contribution in [-0.2, 0) is 6.42 Å². The Bertz CT molecular complexity index is 1140. The van der Waals surface area contributed by atoms with E-state index in [9.17, 15) is 0 Å². The zero-order valence-corrected chi connectivity index (χ0v) is 20.6. The van der Waals surface area contributed by atoms with Crippen molar-refractivity contribution in [3.05, 3.63) is 94.5 Å². The molecule has 1 fully saturated rings. The highest BCUT2D eigenvalue weighted by atomic mass is 15.3. The molecule has 2 heterocycles. The van der Waals surface area contributed by atoms with Gasteiger partial charge in [-0.1, -0.05) is 60.2 Å². The van der Waals surface area contributed by atoms with E-state index in [2.05, 4.69) is 97.7 Å². The standard InChI is InChI=1S/C30H36N4/c1-20-17-21(2)29(22(3)18-20)32-25-12-9-23(10-13-25)11-14-26-15-16-27-19-28(33-30(31)34(26)27)24-7-5-4-6-8-24/h4-10,12-13,17-18,26-28,32H,11,14-16,19H2,1-3H3,(H2,31,33)/t26-,27+,28+/m0/s1. The summed E-state index contributed by atoms with van der Waals surface area (Å²) < 4.78 is 0. The van der Waals surface area contributed by atoms with Gasteiger partial charge in [0.25, 0.3) is 0 Å². The Morgan fingerprint density at radius 3 is 2.35 bits per heavy atom. The van der Waals surface area contributed by atoms with Crippen LogP contribution in [0.5, 0.6) is 0 Å². The fourth-order valence-corrected chi connectivity index (χ4v) is 5.88. The van der Waals surface area contributed by atoms with Crippen LogP contribution >= 0.6 is 0 Å². The zero-order chi connectivity index (χ0) is 23.7. The van der Waals surface area contributed by atoms with E-state index in [0.717, 1.165) is 30.9 Å². The van der Waals surface area contributed by atoms with E-state index in [-0.39, 0.29) is 6.04 Å². The van der Waals surface area contributed by atoms with Gasteiger partial charge >= 0.3 is 0 Å². The number of guanidine groups is 1.